The van der Waals surface area contributed by atoms with Crippen molar-refractivity contribution in [3.8, 4) is 5.75 Å². The van der Waals surface area contributed by atoms with Gasteiger partial charge in [-0.25, -0.2) is 9.59 Å². The fraction of sp³-hybridized carbons (Fsp3) is 0.323. The van der Waals surface area contributed by atoms with Crippen LogP contribution in [-0.4, -0.2) is 55.5 Å². The fourth-order valence-corrected chi connectivity index (χ4v) is 5.11. The first-order chi connectivity index (χ1) is 21.8. The molecule has 0 spiro atoms. The highest BCUT2D eigenvalue weighted by Gasteiger charge is 2.59. The van der Waals surface area contributed by atoms with Crippen molar-refractivity contribution < 1.29 is 42.9 Å². The van der Waals surface area contributed by atoms with E-state index in [9.17, 15) is 33.6 Å². The SMILES string of the molecule is CC(OC(=O)Nc1ccn(C2OC(CO)C(O)C2(F)F)c(=O)n1)c1ccc([N+](=O)[O-])c(OC2=CCC(C)(c3ccccc3)C=C2)c1. The predicted octanol–water partition coefficient (Wildman–Crippen LogP) is 4.53. The van der Waals surface area contributed by atoms with Crippen LogP contribution in [0.3, 0.4) is 0 Å². The number of ether oxygens (including phenoxy) is 3. The number of nitro groups is 1. The average Bonchev–Trinajstić information content (AvgIpc) is 3.26. The molecule has 3 aromatic rings. The monoisotopic (exact) mass is 640 g/mol. The first-order valence-corrected chi connectivity index (χ1v) is 14.1. The second-order valence-electron chi connectivity index (χ2n) is 11.0. The van der Waals surface area contributed by atoms with Crippen LogP contribution >= 0.6 is 0 Å². The highest BCUT2D eigenvalue weighted by atomic mass is 19.3. The van der Waals surface area contributed by atoms with Gasteiger partial charge in [0.2, 0.25) is 12.0 Å². The maximum Gasteiger partial charge on any atom is 0.413 e. The summed E-state index contributed by atoms with van der Waals surface area (Å²) in [6.07, 6.45) is -1.18. The van der Waals surface area contributed by atoms with E-state index in [1.54, 1.807) is 6.08 Å². The van der Waals surface area contributed by atoms with Crippen LogP contribution in [0.25, 0.3) is 0 Å². The molecule has 1 aromatic heterocycles. The highest BCUT2D eigenvalue weighted by molar-refractivity contribution is 5.83. The van der Waals surface area contributed by atoms with Crippen LogP contribution in [0.2, 0.25) is 0 Å². The number of amides is 1. The minimum absolute atomic E-state index is 0.0673. The van der Waals surface area contributed by atoms with E-state index in [2.05, 4.69) is 17.2 Å². The van der Waals surface area contributed by atoms with E-state index in [-0.39, 0.29) is 22.7 Å². The van der Waals surface area contributed by atoms with Crippen molar-refractivity contribution >= 4 is 17.6 Å². The Balaban J connectivity index is 1.25. The van der Waals surface area contributed by atoms with Gasteiger partial charge in [-0.3, -0.25) is 20.0 Å². The van der Waals surface area contributed by atoms with E-state index in [4.69, 9.17) is 19.3 Å². The molecule has 3 N–H and O–H groups in total. The minimum Gasteiger partial charge on any atom is -0.450 e. The maximum absolute atomic E-state index is 14.4. The van der Waals surface area contributed by atoms with Crippen LogP contribution in [0.5, 0.6) is 5.75 Å². The van der Waals surface area contributed by atoms with E-state index >= 15 is 0 Å². The molecule has 2 aliphatic rings. The Labute approximate surface area is 260 Å². The van der Waals surface area contributed by atoms with Crippen molar-refractivity contribution in [3.05, 3.63) is 117 Å². The topological polar surface area (TPSA) is 175 Å². The number of nitro benzene ring substituents is 1. The van der Waals surface area contributed by atoms with Crippen LogP contribution in [0.15, 0.2) is 89.6 Å². The van der Waals surface area contributed by atoms with Crippen molar-refractivity contribution in [2.24, 2.45) is 0 Å². The zero-order chi connectivity index (χ0) is 33.2. The van der Waals surface area contributed by atoms with E-state index < -0.39 is 53.8 Å². The van der Waals surface area contributed by atoms with E-state index in [0.717, 1.165) is 17.8 Å². The van der Waals surface area contributed by atoms with Gasteiger partial charge in [0.05, 0.1) is 11.5 Å². The zero-order valence-corrected chi connectivity index (χ0v) is 24.6. The molecule has 0 radical (unpaired) electrons. The molecule has 1 aliphatic heterocycles. The number of benzene rings is 2. The molecule has 46 heavy (non-hydrogen) atoms. The summed E-state index contributed by atoms with van der Waals surface area (Å²) in [5, 5.41) is 32.8. The van der Waals surface area contributed by atoms with Crippen LogP contribution in [0, 0.1) is 10.1 Å². The Morgan fingerprint density at radius 2 is 2.00 bits per heavy atom. The molecule has 2 heterocycles. The molecule has 1 amide bonds. The molecule has 13 nitrogen and oxygen atoms in total. The first-order valence-electron chi connectivity index (χ1n) is 14.1. The number of aliphatic hydroxyl groups is 2. The number of nitrogens with zero attached hydrogens (tertiary/aromatic N) is 3. The maximum atomic E-state index is 14.4. The lowest BCUT2D eigenvalue weighted by Gasteiger charge is -2.28. The van der Waals surface area contributed by atoms with Crippen LogP contribution in [0.1, 0.15) is 43.7 Å². The average molecular weight is 641 g/mol. The van der Waals surface area contributed by atoms with Gasteiger partial charge < -0.3 is 24.4 Å². The van der Waals surface area contributed by atoms with Crippen molar-refractivity contribution in [2.75, 3.05) is 11.9 Å². The quantitative estimate of drug-likeness (QED) is 0.223. The Hall–Kier alpha value is -4.99. The number of alkyl halides is 2. The van der Waals surface area contributed by atoms with Gasteiger partial charge in [-0.2, -0.15) is 13.8 Å². The standard InChI is InChI=1S/C31H30F2N4O9/c1-18(44-29(41)35-25-12-15-36(28(40)34-25)27-31(32,33)26(39)24(17-38)46-27)19-8-9-22(37(42)43)23(16-19)45-21-10-13-30(2,14-11-21)20-6-4-3-5-7-20/h3-13,15-16,18,24,26-27,38-39H,14,17H2,1-2H3,(H,34,35,40,41). The van der Waals surface area contributed by atoms with Gasteiger partial charge in [-0.1, -0.05) is 43.3 Å². The highest BCUT2D eigenvalue weighted by Crippen LogP contribution is 2.42. The van der Waals surface area contributed by atoms with E-state index in [0.29, 0.717) is 22.3 Å². The van der Waals surface area contributed by atoms with Gasteiger partial charge in [-0.15, -0.1) is 0 Å². The van der Waals surface area contributed by atoms with Crippen LogP contribution in [-0.2, 0) is 14.9 Å². The van der Waals surface area contributed by atoms with Crippen molar-refractivity contribution in [1.82, 2.24) is 9.55 Å². The van der Waals surface area contributed by atoms with Gasteiger partial charge in [0, 0.05) is 17.7 Å². The molecular formula is C31H30F2N4O9. The summed E-state index contributed by atoms with van der Waals surface area (Å²) in [7, 11) is 0. The third kappa shape index (κ3) is 6.51. The Morgan fingerprint density at radius 1 is 1.26 bits per heavy atom. The number of rotatable bonds is 9. The third-order valence-electron chi connectivity index (χ3n) is 7.81. The summed E-state index contributed by atoms with van der Waals surface area (Å²) >= 11 is 0. The number of carbonyl (C=O) groups excluding carboxylic acids is 1. The minimum atomic E-state index is -3.90. The Kier molecular flexibility index (Phi) is 9.01. The second kappa shape index (κ2) is 12.8. The summed E-state index contributed by atoms with van der Waals surface area (Å²) in [6, 6.07) is 14.9. The molecule has 5 unspecified atom stereocenters. The summed E-state index contributed by atoms with van der Waals surface area (Å²) in [5.74, 6) is -3.89. The molecular weight excluding hydrogens is 610 g/mol. The first kappa shape index (κ1) is 32.4. The second-order valence-corrected chi connectivity index (χ2v) is 11.0. The molecule has 1 aliphatic carbocycles. The number of allylic oxidation sites excluding steroid dienone is 3. The lowest BCUT2D eigenvalue weighted by Crippen LogP contribution is -2.41. The smallest absolute Gasteiger partial charge is 0.413 e. The molecule has 1 saturated heterocycles. The third-order valence-corrected chi connectivity index (χ3v) is 7.81. The molecule has 5 rings (SSSR count). The number of anilines is 1. The van der Waals surface area contributed by atoms with Gasteiger partial charge in [0.25, 0.3) is 0 Å². The van der Waals surface area contributed by atoms with Gasteiger partial charge in [-0.05, 0) is 54.8 Å². The summed E-state index contributed by atoms with van der Waals surface area (Å²) in [5.41, 5.74) is -0.347. The fourth-order valence-electron chi connectivity index (χ4n) is 5.11. The van der Waals surface area contributed by atoms with Gasteiger partial charge in [0.15, 0.2) is 6.10 Å². The molecule has 0 saturated carbocycles. The van der Waals surface area contributed by atoms with Crippen molar-refractivity contribution in [3.63, 3.8) is 0 Å². The summed E-state index contributed by atoms with van der Waals surface area (Å²) < 4.78 is 45.5. The number of aliphatic hydroxyl groups excluding tert-OH is 2. The number of carbonyl (C=O) groups is 1. The largest absolute Gasteiger partial charge is 0.450 e. The lowest BCUT2D eigenvalue weighted by molar-refractivity contribution is -0.385. The van der Waals surface area contributed by atoms with E-state index in [1.807, 2.05) is 42.5 Å². The van der Waals surface area contributed by atoms with Crippen LogP contribution in [0.4, 0.5) is 25.1 Å². The Morgan fingerprint density at radius 3 is 2.61 bits per heavy atom. The molecule has 2 aromatic carbocycles. The number of hydrogen-bond acceptors (Lipinski definition) is 10. The van der Waals surface area contributed by atoms with Crippen LogP contribution < -0.4 is 15.7 Å². The number of halogens is 2. The van der Waals surface area contributed by atoms with Crippen molar-refractivity contribution in [2.45, 2.75) is 56.1 Å². The Bertz CT molecular complexity index is 1750. The molecule has 0 bridgehead atoms. The predicted molar refractivity (Wildman–Crippen MR) is 158 cm³/mol. The number of aromatic nitrogens is 2. The normalized spacial score (nSPS) is 24.1. The summed E-state index contributed by atoms with van der Waals surface area (Å²) in [6.45, 7) is 2.68. The molecule has 15 heteroatoms. The van der Waals surface area contributed by atoms with Gasteiger partial charge >= 0.3 is 23.4 Å². The number of nitrogens with one attached hydrogen (secondary N) is 1. The lowest BCUT2D eigenvalue weighted by atomic mass is 9.77. The molecule has 1 fully saturated rings. The molecule has 5 atom stereocenters. The van der Waals surface area contributed by atoms with Gasteiger partial charge in [0.1, 0.15) is 23.8 Å². The van der Waals surface area contributed by atoms with E-state index in [1.165, 1.54) is 25.1 Å². The zero-order valence-electron chi connectivity index (χ0n) is 24.6. The summed E-state index contributed by atoms with van der Waals surface area (Å²) in [4.78, 5) is 39.7. The van der Waals surface area contributed by atoms with Crippen molar-refractivity contribution in [1.29, 1.82) is 0 Å². The number of hydrogen-bond donors (Lipinski definition) is 3. The molecule has 242 valence electrons.